The van der Waals surface area contributed by atoms with Gasteiger partial charge in [-0.05, 0) is 57.8 Å². The van der Waals surface area contributed by atoms with Crippen molar-refractivity contribution in [2.75, 3.05) is 13.2 Å². The Hall–Kier alpha value is -1.66. The van der Waals surface area contributed by atoms with Crippen molar-refractivity contribution in [2.24, 2.45) is 0 Å². The molecule has 0 bridgehead atoms. The Bertz CT molecular complexity index is 1250. The van der Waals surface area contributed by atoms with E-state index in [0.717, 1.165) is 38.5 Å². The van der Waals surface area contributed by atoms with Crippen molar-refractivity contribution in [1.29, 1.82) is 0 Å². The first-order valence-electron chi connectivity index (χ1n) is 36.6. The van der Waals surface area contributed by atoms with Crippen LogP contribution in [-0.4, -0.2) is 47.4 Å². The van der Waals surface area contributed by atoms with E-state index < -0.39 is 12.1 Å². The number of nitrogens with one attached hydrogen (secondary N) is 1. The van der Waals surface area contributed by atoms with Gasteiger partial charge in [0.25, 0.3) is 0 Å². The summed E-state index contributed by atoms with van der Waals surface area (Å²) in [7, 11) is 0. The number of carbonyl (C=O) groups excluding carboxylic acids is 2. The van der Waals surface area contributed by atoms with Gasteiger partial charge in [-0.15, -0.1) is 0 Å². The van der Waals surface area contributed by atoms with Crippen molar-refractivity contribution >= 4 is 11.9 Å². The molecule has 0 spiro atoms. The lowest BCUT2D eigenvalue weighted by Gasteiger charge is -2.20. The molecular weight excluding hydrogens is 983 g/mol. The molecule has 0 heterocycles. The number of amides is 1. The number of esters is 1. The highest BCUT2D eigenvalue weighted by Crippen LogP contribution is 2.19. The molecule has 0 aromatic heterocycles. The molecule has 474 valence electrons. The molecule has 6 nitrogen and oxygen atoms in total. The number of allylic oxidation sites excluding steroid dienone is 3. The highest BCUT2D eigenvalue weighted by Gasteiger charge is 2.18. The highest BCUT2D eigenvalue weighted by molar-refractivity contribution is 5.76. The van der Waals surface area contributed by atoms with Crippen LogP contribution in [0.25, 0.3) is 0 Å². The zero-order valence-corrected chi connectivity index (χ0v) is 54.3. The maximum Gasteiger partial charge on any atom is 0.305 e. The maximum atomic E-state index is 12.5. The zero-order chi connectivity index (χ0) is 57.8. The van der Waals surface area contributed by atoms with Crippen molar-refractivity contribution in [3.8, 4) is 0 Å². The van der Waals surface area contributed by atoms with Gasteiger partial charge in [-0.1, -0.05) is 366 Å². The second kappa shape index (κ2) is 69.8. The van der Waals surface area contributed by atoms with Gasteiger partial charge in [0.1, 0.15) is 0 Å². The van der Waals surface area contributed by atoms with Gasteiger partial charge in [0.05, 0.1) is 25.4 Å². The van der Waals surface area contributed by atoms with Gasteiger partial charge >= 0.3 is 5.97 Å². The predicted octanol–water partition coefficient (Wildman–Crippen LogP) is 23.7. The molecule has 0 saturated carbocycles. The predicted molar refractivity (Wildman–Crippen MR) is 352 cm³/mol. The first-order valence-corrected chi connectivity index (χ1v) is 36.6. The van der Waals surface area contributed by atoms with Crippen LogP contribution >= 0.6 is 0 Å². The maximum absolute atomic E-state index is 12.5. The van der Waals surface area contributed by atoms with E-state index in [1.165, 1.54) is 347 Å². The van der Waals surface area contributed by atoms with E-state index in [2.05, 4.69) is 31.3 Å². The molecule has 0 saturated heterocycles. The molecule has 0 aromatic carbocycles. The van der Waals surface area contributed by atoms with Gasteiger partial charge in [0.2, 0.25) is 5.91 Å². The molecule has 0 aliphatic rings. The van der Waals surface area contributed by atoms with Crippen LogP contribution in [0.5, 0.6) is 0 Å². The van der Waals surface area contributed by atoms with Crippen molar-refractivity contribution in [2.45, 2.75) is 424 Å². The molecular formula is C74H143NO5. The second-order valence-electron chi connectivity index (χ2n) is 25.3. The van der Waals surface area contributed by atoms with Crippen molar-refractivity contribution in [3.05, 3.63) is 24.3 Å². The van der Waals surface area contributed by atoms with Crippen molar-refractivity contribution < 1.29 is 24.5 Å². The fourth-order valence-corrected chi connectivity index (χ4v) is 11.6. The Morgan fingerprint density at radius 3 is 0.887 bits per heavy atom. The van der Waals surface area contributed by atoms with E-state index in [1.54, 1.807) is 6.08 Å². The Morgan fingerprint density at radius 1 is 0.338 bits per heavy atom. The number of aliphatic hydroxyl groups is 2. The van der Waals surface area contributed by atoms with Crippen LogP contribution in [0.4, 0.5) is 0 Å². The highest BCUT2D eigenvalue weighted by atomic mass is 16.5. The zero-order valence-electron chi connectivity index (χ0n) is 54.3. The summed E-state index contributed by atoms with van der Waals surface area (Å²) in [6.45, 7) is 4.94. The van der Waals surface area contributed by atoms with E-state index >= 15 is 0 Å². The lowest BCUT2D eigenvalue weighted by atomic mass is 10.0. The minimum Gasteiger partial charge on any atom is -0.466 e. The van der Waals surface area contributed by atoms with Crippen molar-refractivity contribution in [3.63, 3.8) is 0 Å². The number of aliphatic hydroxyl groups excluding tert-OH is 2. The summed E-state index contributed by atoms with van der Waals surface area (Å²) in [5.41, 5.74) is 0. The summed E-state index contributed by atoms with van der Waals surface area (Å²) in [5, 5.41) is 23.1. The third-order valence-electron chi connectivity index (χ3n) is 17.2. The van der Waals surface area contributed by atoms with E-state index in [4.69, 9.17) is 4.74 Å². The first kappa shape index (κ1) is 78.3. The average Bonchev–Trinajstić information content (AvgIpc) is 3.46. The van der Waals surface area contributed by atoms with Crippen LogP contribution < -0.4 is 5.32 Å². The summed E-state index contributed by atoms with van der Waals surface area (Å²) in [4.78, 5) is 24.5. The quantitative estimate of drug-likeness (QED) is 0.0320. The molecule has 0 rings (SSSR count). The van der Waals surface area contributed by atoms with E-state index in [9.17, 15) is 19.8 Å². The van der Waals surface area contributed by atoms with Crippen LogP contribution in [0.1, 0.15) is 412 Å². The minimum absolute atomic E-state index is 0.0225. The molecule has 2 atom stereocenters. The van der Waals surface area contributed by atoms with Gasteiger partial charge in [-0.2, -0.15) is 0 Å². The fraction of sp³-hybridized carbons (Fsp3) is 0.919. The summed E-state index contributed by atoms with van der Waals surface area (Å²) >= 11 is 0. The number of hydrogen-bond donors (Lipinski definition) is 3. The first-order chi connectivity index (χ1) is 39.5. The topological polar surface area (TPSA) is 95.9 Å². The number of hydrogen-bond acceptors (Lipinski definition) is 5. The van der Waals surface area contributed by atoms with Crippen LogP contribution in [0.2, 0.25) is 0 Å². The van der Waals surface area contributed by atoms with Crippen LogP contribution in [0, 0.1) is 0 Å². The van der Waals surface area contributed by atoms with Crippen LogP contribution in [0.3, 0.4) is 0 Å². The second-order valence-corrected chi connectivity index (χ2v) is 25.3. The fourth-order valence-electron chi connectivity index (χ4n) is 11.6. The lowest BCUT2D eigenvalue weighted by molar-refractivity contribution is -0.143. The van der Waals surface area contributed by atoms with Gasteiger partial charge in [0.15, 0.2) is 0 Å². The monoisotopic (exact) mass is 1130 g/mol. The Balaban J connectivity index is 3.33. The molecule has 0 aromatic rings. The normalized spacial score (nSPS) is 12.6. The molecule has 3 N–H and O–H groups in total. The number of unbranched alkanes of at least 4 members (excludes halogenated alkanes) is 56. The van der Waals surface area contributed by atoms with Crippen molar-refractivity contribution in [1.82, 2.24) is 5.32 Å². The third-order valence-corrected chi connectivity index (χ3v) is 17.2. The van der Waals surface area contributed by atoms with Gasteiger partial charge < -0.3 is 20.3 Å². The summed E-state index contributed by atoms with van der Waals surface area (Å²) in [6.07, 6.45) is 88.6. The average molecular weight is 1130 g/mol. The Labute approximate surface area is 501 Å². The SMILES string of the molecule is CCCCCCCCCCCCCC/C=C/C(O)C(CO)NC(=O)CCCCCCCCCCCCCCCCCCC/C=C\CCCCCCCCCCCCCCCCCCOC(=O)CCCCCCCCCCCCCC. The van der Waals surface area contributed by atoms with Gasteiger partial charge in [-0.3, -0.25) is 9.59 Å². The lowest BCUT2D eigenvalue weighted by Crippen LogP contribution is -2.45. The molecule has 80 heavy (non-hydrogen) atoms. The van der Waals surface area contributed by atoms with Crippen LogP contribution in [0.15, 0.2) is 24.3 Å². The molecule has 1 amide bonds. The Kier molecular flexibility index (Phi) is 68.4. The van der Waals surface area contributed by atoms with E-state index in [0.29, 0.717) is 19.4 Å². The summed E-state index contributed by atoms with van der Waals surface area (Å²) in [6, 6.07) is -0.624. The number of rotatable bonds is 69. The third kappa shape index (κ3) is 65.5. The molecule has 6 heteroatoms. The van der Waals surface area contributed by atoms with E-state index in [1.807, 2.05) is 6.08 Å². The van der Waals surface area contributed by atoms with Crippen LogP contribution in [-0.2, 0) is 14.3 Å². The minimum atomic E-state index is -0.841. The molecule has 0 radical (unpaired) electrons. The summed E-state index contributed by atoms with van der Waals surface area (Å²) < 4.78 is 5.49. The summed E-state index contributed by atoms with van der Waals surface area (Å²) in [5.74, 6) is -0.0392. The van der Waals surface area contributed by atoms with E-state index in [-0.39, 0.29) is 18.5 Å². The molecule has 0 aliphatic heterocycles. The molecule has 2 unspecified atom stereocenters. The smallest absolute Gasteiger partial charge is 0.305 e. The number of carbonyl (C=O) groups is 2. The Morgan fingerprint density at radius 2 is 0.588 bits per heavy atom. The number of ether oxygens (including phenoxy) is 1. The largest absolute Gasteiger partial charge is 0.466 e. The van der Waals surface area contributed by atoms with Gasteiger partial charge in [0, 0.05) is 12.8 Å². The molecule has 0 fully saturated rings. The molecule has 0 aliphatic carbocycles. The standard InChI is InChI=1S/C74H143NO5/c1-3-5-7-9-11-13-15-17-43-46-50-54-58-62-66-72(77)71(70-76)75-73(78)67-63-59-55-51-47-44-41-39-37-35-33-31-29-27-25-23-21-19-18-20-22-24-26-28-30-32-34-36-38-40-42-45-49-53-57-61-65-69-80-74(79)68-64-60-56-52-48-16-14-12-10-8-6-4-2/h18,20,62,66,71-72,76-77H,3-17,19,21-61,63-65,67-70H2,1-2H3,(H,75,78)/b20-18-,66-62+. The van der Waals surface area contributed by atoms with Gasteiger partial charge in [-0.25, -0.2) is 0 Å².